The average molecular weight is 330 g/mol. The summed E-state index contributed by atoms with van der Waals surface area (Å²) in [7, 11) is 3.33. The van der Waals surface area contributed by atoms with Crippen molar-refractivity contribution in [3.05, 3.63) is 27.7 Å². The third-order valence-electron chi connectivity index (χ3n) is 2.53. The zero-order chi connectivity index (χ0) is 14.6. The number of halogens is 1. The van der Waals surface area contributed by atoms with Crippen LogP contribution in [0.15, 0.2) is 16.6 Å². The average Bonchev–Trinajstić information content (AvgIpc) is 2.30. The minimum absolute atomic E-state index is 0.0633. The van der Waals surface area contributed by atoms with Gasteiger partial charge in [0.05, 0.1) is 13.0 Å². The van der Waals surface area contributed by atoms with E-state index in [0.717, 1.165) is 0 Å². The normalized spacial score (nSPS) is 10.1. The Morgan fingerprint density at radius 2 is 2.00 bits per heavy atom. The topological polar surface area (TPSA) is 66.8 Å². The molecule has 6 heteroatoms. The molecule has 104 valence electrons. The number of aromatic carboxylic acids is 1. The highest BCUT2D eigenvalue weighted by molar-refractivity contribution is 9.10. The summed E-state index contributed by atoms with van der Waals surface area (Å²) in [6, 6.07) is 3.26. The van der Waals surface area contributed by atoms with Gasteiger partial charge in [0, 0.05) is 18.6 Å². The van der Waals surface area contributed by atoms with Gasteiger partial charge in [0.25, 0.3) is 0 Å². The first-order chi connectivity index (χ1) is 8.82. The van der Waals surface area contributed by atoms with Crippen LogP contribution in [0.2, 0.25) is 0 Å². The lowest BCUT2D eigenvalue weighted by atomic mass is 10.1. The van der Waals surface area contributed by atoms with Gasteiger partial charge in [-0.15, -0.1) is 0 Å². The van der Waals surface area contributed by atoms with Crippen LogP contribution in [0.3, 0.4) is 0 Å². The Balaban J connectivity index is 2.83. The van der Waals surface area contributed by atoms with Crippen molar-refractivity contribution in [2.24, 2.45) is 0 Å². The largest absolute Gasteiger partial charge is 0.492 e. The third kappa shape index (κ3) is 4.24. The Bertz CT molecular complexity index is 500. The Labute approximate surface area is 120 Å². The van der Waals surface area contributed by atoms with Crippen LogP contribution < -0.4 is 4.74 Å². The predicted octanol–water partition coefficient (Wildman–Crippen LogP) is 2.31. The monoisotopic (exact) mass is 329 g/mol. The van der Waals surface area contributed by atoms with Crippen molar-refractivity contribution in [2.75, 3.05) is 20.7 Å². The fourth-order valence-corrected chi connectivity index (χ4v) is 2.12. The molecule has 0 heterocycles. The molecule has 1 N–H and O–H groups in total. The minimum Gasteiger partial charge on any atom is -0.492 e. The van der Waals surface area contributed by atoms with Gasteiger partial charge >= 0.3 is 5.97 Å². The number of hydrogen-bond acceptors (Lipinski definition) is 3. The van der Waals surface area contributed by atoms with Crippen molar-refractivity contribution < 1.29 is 19.4 Å². The molecule has 0 bridgehead atoms. The molecule has 1 rings (SSSR count). The van der Waals surface area contributed by atoms with Gasteiger partial charge in [-0.25, -0.2) is 4.79 Å². The number of nitrogens with zero attached hydrogens (tertiary/aromatic N) is 1. The zero-order valence-corrected chi connectivity index (χ0v) is 12.7. The molecule has 0 aliphatic carbocycles. The Morgan fingerprint density at radius 1 is 1.37 bits per heavy atom. The molecule has 1 amide bonds. The van der Waals surface area contributed by atoms with Gasteiger partial charge < -0.3 is 14.7 Å². The molecule has 0 aliphatic rings. The highest BCUT2D eigenvalue weighted by Gasteiger charge is 2.15. The number of hydrogen-bond donors (Lipinski definition) is 1. The maximum Gasteiger partial charge on any atom is 0.339 e. The van der Waals surface area contributed by atoms with Crippen LogP contribution in [-0.4, -0.2) is 42.6 Å². The summed E-state index contributed by atoms with van der Waals surface area (Å²) in [5.74, 6) is -0.813. The Morgan fingerprint density at radius 3 is 2.53 bits per heavy atom. The first-order valence-corrected chi connectivity index (χ1v) is 6.48. The van der Waals surface area contributed by atoms with E-state index in [2.05, 4.69) is 15.9 Å². The molecular formula is C13H16BrNO4. The molecule has 0 aromatic heterocycles. The molecule has 19 heavy (non-hydrogen) atoms. The summed E-state index contributed by atoms with van der Waals surface area (Å²) in [4.78, 5) is 24.0. The highest BCUT2D eigenvalue weighted by atomic mass is 79.9. The number of carbonyl (C=O) groups excluding carboxylic acids is 1. The standard InChI is InChI=1S/C13H16BrNO4/c1-8-6-9(14)7-10(13(17)18)12(8)19-5-4-11(16)15(2)3/h6-7H,4-5H2,1-3H3,(H,17,18). The lowest BCUT2D eigenvalue weighted by molar-refractivity contribution is -0.129. The van der Waals surface area contributed by atoms with E-state index in [9.17, 15) is 9.59 Å². The number of ether oxygens (including phenoxy) is 1. The van der Waals surface area contributed by atoms with E-state index in [1.54, 1.807) is 27.1 Å². The van der Waals surface area contributed by atoms with Crippen LogP contribution in [-0.2, 0) is 4.79 Å². The fourth-order valence-electron chi connectivity index (χ4n) is 1.54. The second-order valence-corrected chi connectivity index (χ2v) is 5.21. The molecule has 1 aromatic rings. The van der Waals surface area contributed by atoms with E-state index < -0.39 is 5.97 Å². The summed E-state index contributed by atoms with van der Waals surface area (Å²) in [5.41, 5.74) is 0.799. The summed E-state index contributed by atoms with van der Waals surface area (Å²) >= 11 is 3.25. The van der Waals surface area contributed by atoms with Gasteiger partial charge in [0.1, 0.15) is 11.3 Å². The van der Waals surface area contributed by atoms with Crippen LogP contribution in [0.1, 0.15) is 22.3 Å². The molecule has 0 aliphatic heterocycles. The summed E-state index contributed by atoms with van der Waals surface area (Å²) in [5, 5.41) is 9.14. The Kier molecular flexibility index (Phi) is 5.35. The molecular weight excluding hydrogens is 314 g/mol. The molecule has 0 saturated carbocycles. The minimum atomic E-state index is -1.06. The van der Waals surface area contributed by atoms with E-state index in [0.29, 0.717) is 15.8 Å². The van der Waals surface area contributed by atoms with Crippen molar-refractivity contribution in [2.45, 2.75) is 13.3 Å². The first kappa shape index (κ1) is 15.5. The van der Waals surface area contributed by atoms with E-state index >= 15 is 0 Å². The van der Waals surface area contributed by atoms with E-state index in [-0.39, 0.29) is 24.5 Å². The van der Waals surface area contributed by atoms with Crippen molar-refractivity contribution in [3.63, 3.8) is 0 Å². The summed E-state index contributed by atoms with van der Waals surface area (Å²) < 4.78 is 6.14. The molecule has 0 unspecified atom stereocenters. The molecule has 0 fully saturated rings. The van der Waals surface area contributed by atoms with Crippen molar-refractivity contribution >= 4 is 27.8 Å². The number of carbonyl (C=O) groups is 2. The second-order valence-electron chi connectivity index (χ2n) is 4.29. The maximum absolute atomic E-state index is 11.4. The van der Waals surface area contributed by atoms with Gasteiger partial charge in [-0.2, -0.15) is 0 Å². The lowest BCUT2D eigenvalue weighted by Gasteiger charge is -2.14. The number of benzene rings is 1. The SMILES string of the molecule is Cc1cc(Br)cc(C(=O)O)c1OCCC(=O)N(C)C. The number of carboxylic acid groups (broad SMARTS) is 1. The molecule has 0 saturated heterocycles. The molecule has 5 nitrogen and oxygen atoms in total. The van der Waals surface area contributed by atoms with Gasteiger partial charge in [-0.05, 0) is 24.6 Å². The molecule has 1 aromatic carbocycles. The summed E-state index contributed by atoms with van der Waals surface area (Å²) in [6.07, 6.45) is 0.210. The highest BCUT2D eigenvalue weighted by Crippen LogP contribution is 2.28. The van der Waals surface area contributed by atoms with Gasteiger partial charge in [0.15, 0.2) is 0 Å². The van der Waals surface area contributed by atoms with Crippen LogP contribution in [0.5, 0.6) is 5.75 Å². The van der Waals surface area contributed by atoms with Crippen LogP contribution in [0, 0.1) is 6.92 Å². The first-order valence-electron chi connectivity index (χ1n) is 5.69. The second kappa shape index (κ2) is 6.56. The van der Waals surface area contributed by atoms with Crippen molar-refractivity contribution in [3.8, 4) is 5.75 Å². The van der Waals surface area contributed by atoms with Crippen molar-refractivity contribution in [1.82, 2.24) is 4.90 Å². The summed E-state index contributed by atoms with van der Waals surface area (Å²) in [6.45, 7) is 1.92. The van der Waals surface area contributed by atoms with Crippen molar-refractivity contribution in [1.29, 1.82) is 0 Å². The number of amides is 1. The lowest BCUT2D eigenvalue weighted by Crippen LogP contribution is -2.23. The molecule has 0 atom stereocenters. The third-order valence-corrected chi connectivity index (χ3v) is 2.99. The van der Waals surface area contributed by atoms with Crippen LogP contribution in [0.4, 0.5) is 0 Å². The van der Waals surface area contributed by atoms with Gasteiger partial charge in [-0.1, -0.05) is 15.9 Å². The number of rotatable bonds is 5. The van der Waals surface area contributed by atoms with Crippen LogP contribution in [0.25, 0.3) is 0 Å². The van der Waals surface area contributed by atoms with E-state index in [1.165, 1.54) is 11.0 Å². The maximum atomic E-state index is 11.4. The smallest absolute Gasteiger partial charge is 0.339 e. The van der Waals surface area contributed by atoms with Gasteiger partial charge in [-0.3, -0.25) is 4.79 Å². The van der Waals surface area contributed by atoms with E-state index in [1.807, 2.05) is 0 Å². The fraction of sp³-hybridized carbons (Fsp3) is 0.385. The predicted molar refractivity (Wildman–Crippen MR) is 74.6 cm³/mol. The van der Waals surface area contributed by atoms with Gasteiger partial charge in [0.2, 0.25) is 5.91 Å². The van der Waals surface area contributed by atoms with E-state index in [4.69, 9.17) is 9.84 Å². The zero-order valence-electron chi connectivity index (χ0n) is 11.1. The van der Waals surface area contributed by atoms with Crippen LogP contribution >= 0.6 is 15.9 Å². The number of aryl methyl sites for hydroxylation is 1. The Hall–Kier alpha value is -1.56. The molecule has 0 radical (unpaired) electrons. The quantitative estimate of drug-likeness (QED) is 0.900. The molecule has 0 spiro atoms. The number of carboxylic acids is 1.